The Labute approximate surface area is 78.6 Å². The summed E-state index contributed by atoms with van der Waals surface area (Å²) in [5.74, 6) is 1.20. The summed E-state index contributed by atoms with van der Waals surface area (Å²) >= 11 is 0. The van der Waals surface area contributed by atoms with Crippen LogP contribution in [0.2, 0.25) is 0 Å². The summed E-state index contributed by atoms with van der Waals surface area (Å²) < 4.78 is 2.23. The predicted octanol–water partition coefficient (Wildman–Crippen LogP) is -0.0819. The van der Waals surface area contributed by atoms with Crippen LogP contribution in [0, 0.1) is 0 Å². The normalized spacial score (nSPS) is 17.3. The van der Waals surface area contributed by atoms with Crippen LogP contribution >= 0.6 is 0 Å². The smallest absolute Gasteiger partial charge is 0.122 e. The first-order chi connectivity index (χ1) is 6.40. The van der Waals surface area contributed by atoms with Gasteiger partial charge in [-0.25, -0.2) is 4.98 Å². The van der Waals surface area contributed by atoms with Gasteiger partial charge in [-0.2, -0.15) is 0 Å². The lowest BCUT2D eigenvalue weighted by atomic mass is 10.3. The second-order valence-corrected chi connectivity index (χ2v) is 3.42. The predicted molar refractivity (Wildman–Crippen MR) is 51.4 cm³/mol. The van der Waals surface area contributed by atoms with Crippen LogP contribution in [0.3, 0.4) is 0 Å². The number of hydrogen-bond donors (Lipinski definition) is 1. The van der Waals surface area contributed by atoms with E-state index >= 15 is 0 Å². The largest absolute Gasteiger partial charge is 0.333 e. The van der Waals surface area contributed by atoms with Crippen LogP contribution in [0.4, 0.5) is 0 Å². The van der Waals surface area contributed by atoms with Gasteiger partial charge in [0.05, 0.1) is 6.54 Å². The molecule has 0 spiro atoms. The van der Waals surface area contributed by atoms with Crippen molar-refractivity contribution in [3.8, 4) is 0 Å². The van der Waals surface area contributed by atoms with Crippen molar-refractivity contribution in [2.45, 2.75) is 13.1 Å². The summed E-state index contributed by atoms with van der Waals surface area (Å²) in [4.78, 5) is 6.75. The number of hydrogen-bond acceptors (Lipinski definition) is 3. The Balaban J connectivity index is 1.93. The van der Waals surface area contributed by atoms with Gasteiger partial charge >= 0.3 is 0 Å². The molecule has 0 aliphatic carbocycles. The molecule has 0 unspecified atom stereocenters. The second-order valence-electron chi connectivity index (χ2n) is 3.42. The maximum Gasteiger partial charge on any atom is 0.122 e. The molecule has 2 heterocycles. The Kier molecular flexibility index (Phi) is 2.61. The molecule has 1 aliphatic rings. The zero-order valence-corrected chi connectivity index (χ0v) is 8.03. The first-order valence-electron chi connectivity index (χ1n) is 4.77. The van der Waals surface area contributed by atoms with Crippen molar-refractivity contribution in [3.05, 3.63) is 18.2 Å². The molecule has 13 heavy (non-hydrogen) atoms. The van der Waals surface area contributed by atoms with Crippen molar-refractivity contribution in [2.24, 2.45) is 0 Å². The molecular weight excluding hydrogens is 164 g/mol. The highest BCUT2D eigenvalue weighted by Crippen LogP contribution is 2.08. The van der Waals surface area contributed by atoms with Gasteiger partial charge in [0, 0.05) is 38.6 Å². The summed E-state index contributed by atoms with van der Waals surface area (Å²) in [6.07, 6.45) is 3.95. The first-order valence-corrected chi connectivity index (χ1v) is 4.77. The van der Waals surface area contributed by atoms with E-state index in [9.17, 15) is 0 Å². The highest BCUT2D eigenvalue weighted by atomic mass is 15.2. The molecule has 0 saturated heterocycles. The van der Waals surface area contributed by atoms with E-state index in [-0.39, 0.29) is 0 Å². The van der Waals surface area contributed by atoms with Crippen LogP contribution in [-0.2, 0) is 13.1 Å². The van der Waals surface area contributed by atoms with Crippen LogP contribution in [0.5, 0.6) is 0 Å². The zero-order chi connectivity index (χ0) is 9.10. The molecule has 1 aromatic heterocycles. The monoisotopic (exact) mass is 180 g/mol. The topological polar surface area (TPSA) is 33.1 Å². The first kappa shape index (κ1) is 8.72. The third-order valence-electron chi connectivity index (χ3n) is 2.50. The summed E-state index contributed by atoms with van der Waals surface area (Å²) in [5.41, 5.74) is 0. The summed E-state index contributed by atoms with van der Waals surface area (Å²) in [7, 11) is 1.99. The second kappa shape index (κ2) is 3.89. The molecule has 0 atom stereocenters. The number of nitrogens with one attached hydrogen (secondary N) is 1. The van der Waals surface area contributed by atoms with Crippen LogP contribution in [-0.4, -0.2) is 41.1 Å². The average Bonchev–Trinajstić information content (AvgIpc) is 2.61. The van der Waals surface area contributed by atoms with Crippen molar-refractivity contribution in [1.29, 1.82) is 0 Å². The van der Waals surface area contributed by atoms with Gasteiger partial charge < -0.3 is 9.88 Å². The zero-order valence-electron chi connectivity index (χ0n) is 8.03. The van der Waals surface area contributed by atoms with Gasteiger partial charge in [0.1, 0.15) is 5.82 Å². The van der Waals surface area contributed by atoms with Gasteiger partial charge in [0.15, 0.2) is 0 Å². The van der Waals surface area contributed by atoms with Gasteiger partial charge in [-0.05, 0) is 7.05 Å². The van der Waals surface area contributed by atoms with Crippen molar-refractivity contribution in [3.63, 3.8) is 0 Å². The van der Waals surface area contributed by atoms with E-state index < -0.39 is 0 Å². The molecule has 0 radical (unpaired) electrons. The number of aromatic nitrogens is 2. The molecule has 0 fully saturated rings. The number of fused-ring (bicyclic) bond motifs is 1. The highest BCUT2D eigenvalue weighted by Gasteiger charge is 2.14. The van der Waals surface area contributed by atoms with Gasteiger partial charge in [-0.1, -0.05) is 0 Å². The fraction of sp³-hybridized carbons (Fsp3) is 0.667. The Morgan fingerprint density at radius 2 is 2.46 bits per heavy atom. The van der Waals surface area contributed by atoms with Crippen molar-refractivity contribution < 1.29 is 0 Å². The van der Waals surface area contributed by atoms with E-state index in [0.717, 1.165) is 32.7 Å². The fourth-order valence-corrected chi connectivity index (χ4v) is 1.68. The summed E-state index contributed by atoms with van der Waals surface area (Å²) in [6.45, 7) is 5.39. The molecule has 2 rings (SSSR count). The summed E-state index contributed by atoms with van der Waals surface area (Å²) in [5, 5.41) is 3.16. The van der Waals surface area contributed by atoms with Gasteiger partial charge in [0.25, 0.3) is 0 Å². The Bertz CT molecular complexity index is 268. The van der Waals surface area contributed by atoms with E-state index in [1.807, 2.05) is 13.2 Å². The number of imidazole rings is 1. The lowest BCUT2D eigenvalue weighted by Gasteiger charge is -2.27. The molecule has 4 heteroatoms. The average molecular weight is 180 g/mol. The van der Waals surface area contributed by atoms with Gasteiger partial charge in [0.2, 0.25) is 0 Å². The van der Waals surface area contributed by atoms with Gasteiger partial charge in [-0.3, -0.25) is 4.90 Å². The summed E-state index contributed by atoms with van der Waals surface area (Å²) in [6, 6.07) is 0. The van der Waals surface area contributed by atoms with Crippen LogP contribution in [0.25, 0.3) is 0 Å². The molecule has 4 nitrogen and oxygen atoms in total. The minimum Gasteiger partial charge on any atom is -0.333 e. The molecule has 0 saturated carbocycles. The lowest BCUT2D eigenvalue weighted by Crippen LogP contribution is -2.37. The van der Waals surface area contributed by atoms with E-state index in [1.54, 1.807) is 0 Å². The molecule has 0 aromatic carbocycles. The number of rotatable bonds is 3. The minimum absolute atomic E-state index is 0.995. The van der Waals surface area contributed by atoms with Gasteiger partial charge in [-0.15, -0.1) is 0 Å². The molecule has 0 bridgehead atoms. The highest BCUT2D eigenvalue weighted by molar-refractivity contribution is 4.95. The standard InChI is InChI=1S/C9H16N4/c1-10-2-4-12-6-7-13-5-3-11-9(13)8-12/h3,5,10H,2,4,6-8H2,1H3. The molecule has 1 N–H and O–H groups in total. The van der Waals surface area contributed by atoms with Crippen LogP contribution in [0.15, 0.2) is 12.4 Å². The van der Waals surface area contributed by atoms with E-state index in [4.69, 9.17) is 0 Å². The Morgan fingerprint density at radius 3 is 3.31 bits per heavy atom. The fourth-order valence-electron chi connectivity index (χ4n) is 1.68. The molecule has 1 aromatic rings. The molecule has 72 valence electrons. The number of likely N-dealkylation sites (N-methyl/N-ethyl adjacent to an activating group) is 1. The SMILES string of the molecule is CNCCN1CCn2ccnc2C1. The van der Waals surface area contributed by atoms with E-state index in [1.165, 1.54) is 5.82 Å². The van der Waals surface area contributed by atoms with Crippen molar-refractivity contribution in [2.75, 3.05) is 26.7 Å². The maximum absolute atomic E-state index is 4.32. The quantitative estimate of drug-likeness (QED) is 0.706. The van der Waals surface area contributed by atoms with E-state index in [0.29, 0.717) is 0 Å². The van der Waals surface area contributed by atoms with Crippen LogP contribution in [0.1, 0.15) is 5.82 Å². The van der Waals surface area contributed by atoms with E-state index in [2.05, 4.69) is 26.0 Å². The Morgan fingerprint density at radius 1 is 1.54 bits per heavy atom. The van der Waals surface area contributed by atoms with Crippen molar-refractivity contribution >= 4 is 0 Å². The molecule has 1 aliphatic heterocycles. The number of nitrogens with zero attached hydrogens (tertiary/aromatic N) is 3. The lowest BCUT2D eigenvalue weighted by molar-refractivity contribution is 0.219. The molecule has 0 amide bonds. The Hall–Kier alpha value is -0.870. The third kappa shape index (κ3) is 1.89. The molecular formula is C9H16N4. The minimum atomic E-state index is 0.995. The van der Waals surface area contributed by atoms with Crippen LogP contribution < -0.4 is 5.32 Å². The van der Waals surface area contributed by atoms with Crippen molar-refractivity contribution in [1.82, 2.24) is 19.8 Å². The maximum atomic E-state index is 4.32. The third-order valence-corrected chi connectivity index (χ3v) is 2.50.